The van der Waals surface area contributed by atoms with Crippen molar-refractivity contribution in [2.45, 2.75) is 57.7 Å². The number of para-hydroxylation sites is 2. The summed E-state index contributed by atoms with van der Waals surface area (Å²) in [6.45, 7) is 3.90. The quantitative estimate of drug-likeness (QED) is 0.339. The summed E-state index contributed by atoms with van der Waals surface area (Å²) in [5.41, 5.74) is 3.64. The van der Waals surface area contributed by atoms with E-state index in [9.17, 15) is 9.59 Å². The maximum absolute atomic E-state index is 13.7. The number of anilines is 1. The second-order valence-corrected chi connectivity index (χ2v) is 11.2. The lowest BCUT2D eigenvalue weighted by Crippen LogP contribution is -2.39. The molecule has 208 valence electrons. The van der Waals surface area contributed by atoms with E-state index in [1.807, 2.05) is 47.9 Å². The van der Waals surface area contributed by atoms with Gasteiger partial charge in [0.2, 0.25) is 0 Å². The number of rotatable bonds is 7. The number of hydrogen-bond acceptors (Lipinski definition) is 6. The van der Waals surface area contributed by atoms with E-state index < -0.39 is 0 Å². The molecule has 4 aromatic rings. The molecule has 1 saturated carbocycles. The number of carbonyl (C=O) groups is 1. The first-order chi connectivity index (χ1) is 19.5. The normalized spacial score (nSPS) is 21.0. The Bertz CT molecular complexity index is 1570. The van der Waals surface area contributed by atoms with Crippen molar-refractivity contribution in [2.75, 3.05) is 18.5 Å². The molecule has 1 atom stereocenters. The fourth-order valence-electron chi connectivity index (χ4n) is 5.84. The zero-order valence-electron chi connectivity index (χ0n) is 22.5. The molecule has 1 aliphatic heterocycles. The number of amides is 1. The Morgan fingerprint density at radius 2 is 1.82 bits per heavy atom. The van der Waals surface area contributed by atoms with E-state index in [0.29, 0.717) is 35.3 Å². The highest BCUT2D eigenvalue weighted by atomic mass is 35.5. The summed E-state index contributed by atoms with van der Waals surface area (Å²) in [6, 6.07) is 13.8. The Morgan fingerprint density at radius 3 is 2.55 bits per heavy atom. The van der Waals surface area contributed by atoms with E-state index in [2.05, 4.69) is 20.6 Å². The van der Waals surface area contributed by atoms with Gasteiger partial charge in [0, 0.05) is 25.4 Å². The van der Waals surface area contributed by atoms with Gasteiger partial charge in [-0.25, -0.2) is 9.78 Å². The molecule has 0 unspecified atom stereocenters. The Kier molecular flexibility index (Phi) is 7.58. The first kappa shape index (κ1) is 26.5. The highest BCUT2D eigenvalue weighted by Crippen LogP contribution is 2.28. The van der Waals surface area contributed by atoms with Gasteiger partial charge in [-0.1, -0.05) is 23.7 Å². The summed E-state index contributed by atoms with van der Waals surface area (Å²) < 4.78 is 9.08. The zero-order chi connectivity index (χ0) is 27.6. The Hall–Kier alpha value is -3.69. The number of aromatic nitrogens is 4. The standard InChI is InChI=1S/C30H33ClN6O3/c1-19-25(14-21(31)15-32-19)29(38)35-22-8-6-20(7-9-22)17-36-26-4-2-3-5-27(26)37(30(36)39)24-10-11-28(33-16-24)34-23-12-13-40-18-23/h2-5,10-11,14-16,20,22-23H,6-9,12-13,17-18H2,1H3,(H,33,34)(H,35,38)/t20?,22?,23-/m0/s1. The molecule has 1 saturated heterocycles. The van der Waals surface area contributed by atoms with Crippen molar-refractivity contribution in [2.24, 2.45) is 5.92 Å². The molecular formula is C30H33ClN6O3. The van der Waals surface area contributed by atoms with Gasteiger partial charge < -0.3 is 15.4 Å². The third-order valence-electron chi connectivity index (χ3n) is 8.04. The SMILES string of the molecule is Cc1ncc(Cl)cc1C(=O)NC1CCC(Cn2c(=O)n(-c3ccc(N[C@H]4CCOC4)nc3)c3ccccc32)CC1. The summed E-state index contributed by atoms with van der Waals surface area (Å²) in [7, 11) is 0. The average Bonchev–Trinajstić information content (AvgIpc) is 3.57. The van der Waals surface area contributed by atoms with Crippen LogP contribution in [0.5, 0.6) is 0 Å². The highest BCUT2D eigenvalue weighted by molar-refractivity contribution is 6.30. The number of ether oxygens (including phenoxy) is 1. The molecule has 2 fully saturated rings. The molecule has 6 rings (SSSR count). The summed E-state index contributed by atoms with van der Waals surface area (Å²) >= 11 is 6.05. The predicted octanol–water partition coefficient (Wildman–Crippen LogP) is 4.73. The summed E-state index contributed by atoms with van der Waals surface area (Å²) in [5, 5.41) is 7.00. The van der Waals surface area contributed by atoms with E-state index in [1.165, 1.54) is 0 Å². The molecule has 2 aliphatic rings. The molecule has 4 heterocycles. The van der Waals surface area contributed by atoms with E-state index in [4.69, 9.17) is 16.3 Å². The minimum atomic E-state index is -0.137. The molecule has 1 aromatic carbocycles. The van der Waals surface area contributed by atoms with Crippen molar-refractivity contribution in [3.05, 3.63) is 81.6 Å². The molecule has 0 spiro atoms. The largest absolute Gasteiger partial charge is 0.379 e. The third-order valence-corrected chi connectivity index (χ3v) is 8.25. The molecular weight excluding hydrogens is 528 g/mol. The fourth-order valence-corrected chi connectivity index (χ4v) is 6.00. The van der Waals surface area contributed by atoms with Crippen molar-refractivity contribution >= 4 is 34.4 Å². The first-order valence-electron chi connectivity index (χ1n) is 13.9. The minimum absolute atomic E-state index is 0.0627. The van der Waals surface area contributed by atoms with Crippen LogP contribution in [0.25, 0.3) is 16.7 Å². The van der Waals surface area contributed by atoms with Crippen LogP contribution < -0.4 is 16.3 Å². The number of imidazole rings is 1. The molecule has 0 bridgehead atoms. The van der Waals surface area contributed by atoms with Crippen molar-refractivity contribution in [1.82, 2.24) is 24.4 Å². The molecule has 0 radical (unpaired) electrons. The van der Waals surface area contributed by atoms with Crippen molar-refractivity contribution in [1.29, 1.82) is 0 Å². The van der Waals surface area contributed by atoms with E-state index >= 15 is 0 Å². The van der Waals surface area contributed by atoms with Crippen LogP contribution in [0.1, 0.15) is 48.2 Å². The smallest absolute Gasteiger partial charge is 0.333 e. The second-order valence-electron chi connectivity index (χ2n) is 10.8. The van der Waals surface area contributed by atoms with Crippen molar-refractivity contribution in [3.63, 3.8) is 0 Å². The topological polar surface area (TPSA) is 103 Å². The van der Waals surface area contributed by atoms with Crippen LogP contribution in [0.2, 0.25) is 5.02 Å². The number of fused-ring (bicyclic) bond motifs is 1. The first-order valence-corrected chi connectivity index (χ1v) is 14.3. The van der Waals surface area contributed by atoms with Crippen molar-refractivity contribution < 1.29 is 9.53 Å². The lowest BCUT2D eigenvalue weighted by Gasteiger charge is -2.29. The van der Waals surface area contributed by atoms with E-state index in [1.54, 1.807) is 23.0 Å². The van der Waals surface area contributed by atoms with Gasteiger partial charge in [0.25, 0.3) is 5.91 Å². The van der Waals surface area contributed by atoms with Crippen LogP contribution >= 0.6 is 11.6 Å². The van der Waals surface area contributed by atoms with Gasteiger partial charge in [-0.2, -0.15) is 0 Å². The third kappa shape index (κ3) is 5.48. The fraction of sp³-hybridized carbons (Fsp3) is 0.400. The van der Waals surface area contributed by atoms with E-state index in [0.717, 1.165) is 61.2 Å². The van der Waals surface area contributed by atoms with Crippen LogP contribution in [0, 0.1) is 12.8 Å². The van der Waals surface area contributed by atoms with Gasteiger partial charge in [0.15, 0.2) is 0 Å². The Morgan fingerprint density at radius 1 is 1.02 bits per heavy atom. The number of nitrogens with zero attached hydrogens (tertiary/aromatic N) is 4. The molecule has 1 aliphatic carbocycles. The summed E-state index contributed by atoms with van der Waals surface area (Å²) in [5.74, 6) is 0.987. The minimum Gasteiger partial charge on any atom is -0.379 e. The average molecular weight is 561 g/mol. The molecule has 3 aromatic heterocycles. The number of halogens is 1. The van der Waals surface area contributed by atoms with Crippen LogP contribution in [0.15, 0.2) is 59.7 Å². The van der Waals surface area contributed by atoms with Gasteiger partial charge in [-0.15, -0.1) is 0 Å². The van der Waals surface area contributed by atoms with Crippen LogP contribution in [0.4, 0.5) is 5.82 Å². The highest BCUT2D eigenvalue weighted by Gasteiger charge is 2.26. The number of aryl methyl sites for hydroxylation is 1. The maximum Gasteiger partial charge on any atom is 0.333 e. The van der Waals surface area contributed by atoms with Gasteiger partial charge in [0.05, 0.1) is 51.8 Å². The molecule has 9 nitrogen and oxygen atoms in total. The van der Waals surface area contributed by atoms with Crippen molar-refractivity contribution in [3.8, 4) is 5.69 Å². The lowest BCUT2D eigenvalue weighted by molar-refractivity contribution is 0.0919. The number of carbonyl (C=O) groups excluding carboxylic acids is 1. The van der Waals surface area contributed by atoms with Crippen LogP contribution in [-0.4, -0.2) is 50.3 Å². The van der Waals surface area contributed by atoms with Gasteiger partial charge in [0.1, 0.15) is 5.82 Å². The van der Waals surface area contributed by atoms with Gasteiger partial charge in [-0.05, 0) is 75.3 Å². The maximum atomic E-state index is 13.7. The zero-order valence-corrected chi connectivity index (χ0v) is 23.2. The number of hydrogen-bond donors (Lipinski definition) is 2. The molecule has 10 heteroatoms. The number of benzene rings is 1. The Balaban J connectivity index is 1.15. The second kappa shape index (κ2) is 11.4. The number of nitrogens with one attached hydrogen (secondary N) is 2. The molecule has 40 heavy (non-hydrogen) atoms. The summed E-state index contributed by atoms with van der Waals surface area (Å²) in [4.78, 5) is 35.3. The number of pyridine rings is 2. The monoisotopic (exact) mass is 560 g/mol. The Labute approximate surface area is 237 Å². The van der Waals surface area contributed by atoms with E-state index in [-0.39, 0.29) is 23.7 Å². The van der Waals surface area contributed by atoms with Crippen LogP contribution in [0.3, 0.4) is 0 Å². The van der Waals surface area contributed by atoms with Gasteiger partial charge in [-0.3, -0.25) is 18.9 Å². The predicted molar refractivity (Wildman–Crippen MR) is 155 cm³/mol. The molecule has 1 amide bonds. The van der Waals surface area contributed by atoms with Crippen LogP contribution in [-0.2, 0) is 11.3 Å². The summed E-state index contributed by atoms with van der Waals surface area (Å²) in [6.07, 6.45) is 7.84. The van der Waals surface area contributed by atoms with Gasteiger partial charge >= 0.3 is 5.69 Å². The molecule has 2 N–H and O–H groups in total. The lowest BCUT2D eigenvalue weighted by atomic mass is 9.85.